The number of nitrogen functional groups attached to an aromatic ring is 1. The van der Waals surface area contributed by atoms with Gasteiger partial charge in [0.1, 0.15) is 29.3 Å². The summed E-state index contributed by atoms with van der Waals surface area (Å²) in [5.74, 6) is -10.7. The van der Waals surface area contributed by atoms with Crippen molar-refractivity contribution in [1.82, 2.24) is 24.1 Å². The molecular formula is C26H17F5N6O3S. The molecule has 0 amide bonds. The van der Waals surface area contributed by atoms with E-state index in [0.717, 1.165) is 0 Å². The second-order valence-corrected chi connectivity index (χ2v) is 10.9. The molecule has 6 rings (SSSR count). The first-order valence-electron chi connectivity index (χ1n) is 11.9. The van der Waals surface area contributed by atoms with E-state index in [2.05, 4.69) is 15.1 Å². The summed E-state index contributed by atoms with van der Waals surface area (Å²) in [5, 5.41) is 4.95. The summed E-state index contributed by atoms with van der Waals surface area (Å²) in [6.45, 7) is -0.766. The highest BCUT2D eigenvalue weighted by molar-refractivity contribution is 7.89. The number of nitrogens with zero attached hydrogens (tertiary/aromatic N) is 5. The highest BCUT2D eigenvalue weighted by Crippen LogP contribution is 2.37. The molecule has 1 aliphatic rings. The smallest absolute Gasteiger partial charge is 0.249 e. The Kier molecular flexibility index (Phi) is 6.34. The van der Waals surface area contributed by atoms with Crippen molar-refractivity contribution in [2.24, 2.45) is 0 Å². The summed E-state index contributed by atoms with van der Waals surface area (Å²) in [6, 6.07) is 15.3. The van der Waals surface area contributed by atoms with Crippen LogP contribution in [0.5, 0.6) is 11.5 Å². The van der Waals surface area contributed by atoms with Crippen LogP contribution in [0, 0.1) is 29.1 Å². The van der Waals surface area contributed by atoms with Crippen LogP contribution in [0.2, 0.25) is 0 Å². The highest BCUT2D eigenvalue weighted by atomic mass is 32.2. The lowest BCUT2D eigenvalue weighted by molar-refractivity contribution is 0.193. The Morgan fingerprint density at radius 1 is 0.805 bits per heavy atom. The number of rotatable bonds is 6. The number of sulfonamides is 1. The Morgan fingerprint density at radius 3 is 2.02 bits per heavy atom. The molecular weight excluding hydrogens is 571 g/mol. The molecule has 5 aromatic rings. The zero-order valence-corrected chi connectivity index (χ0v) is 21.4. The molecule has 0 atom stereocenters. The lowest BCUT2D eigenvalue weighted by atomic mass is 10.1. The summed E-state index contributed by atoms with van der Waals surface area (Å²) in [6.07, 6.45) is 1.19. The average molecular weight is 589 g/mol. The molecule has 2 N–H and O–H groups in total. The standard InChI is InChI=1S/C26H17F5N6O3S/c27-18-19(28)21(30)24(22(31)20(18)29)41(38,39)36-10-14(11-36)37-26-17(25(32)33-12-34-26)23(35-37)13-6-8-16(9-7-13)40-15-4-2-1-3-5-15/h1-9,12,14H,10-11H2,(H2,32,33,34). The van der Waals surface area contributed by atoms with Crippen LogP contribution in [0.25, 0.3) is 22.3 Å². The summed E-state index contributed by atoms with van der Waals surface area (Å²) < 4.78 is 103. The van der Waals surface area contributed by atoms with Crippen molar-refractivity contribution in [3.63, 3.8) is 0 Å². The molecule has 210 valence electrons. The number of para-hydroxylation sites is 1. The van der Waals surface area contributed by atoms with Crippen molar-refractivity contribution in [1.29, 1.82) is 0 Å². The van der Waals surface area contributed by atoms with Gasteiger partial charge in [-0.3, -0.25) is 0 Å². The minimum atomic E-state index is -5.08. The number of benzene rings is 3. The third-order valence-electron chi connectivity index (χ3n) is 6.57. The van der Waals surface area contributed by atoms with Crippen LogP contribution in [-0.4, -0.2) is 45.6 Å². The Balaban J connectivity index is 1.31. The molecule has 3 aromatic carbocycles. The molecule has 1 fully saturated rings. The molecule has 0 radical (unpaired) electrons. The number of hydrogen-bond acceptors (Lipinski definition) is 7. The van der Waals surface area contributed by atoms with E-state index in [1.807, 2.05) is 18.2 Å². The van der Waals surface area contributed by atoms with E-state index in [-0.39, 0.29) is 24.6 Å². The molecule has 9 nitrogen and oxygen atoms in total. The summed E-state index contributed by atoms with van der Waals surface area (Å²) in [4.78, 5) is 6.33. The number of anilines is 1. The fraction of sp³-hybridized carbons (Fsp3) is 0.115. The Labute approximate surface area is 228 Å². The van der Waals surface area contributed by atoms with Gasteiger partial charge in [-0.05, 0) is 36.4 Å². The molecule has 0 bridgehead atoms. The minimum Gasteiger partial charge on any atom is -0.457 e. The molecule has 41 heavy (non-hydrogen) atoms. The van der Waals surface area contributed by atoms with Crippen LogP contribution in [0.3, 0.4) is 0 Å². The topological polar surface area (TPSA) is 116 Å². The first kappa shape index (κ1) is 26.6. The van der Waals surface area contributed by atoms with Crippen molar-refractivity contribution in [3.05, 3.63) is 90.0 Å². The monoisotopic (exact) mass is 588 g/mol. The normalized spacial score (nSPS) is 14.4. The predicted molar refractivity (Wildman–Crippen MR) is 136 cm³/mol. The number of nitrogens with two attached hydrogens (primary N) is 1. The minimum absolute atomic E-state index is 0.103. The number of halogens is 5. The fourth-order valence-corrected chi connectivity index (χ4v) is 6.09. The van der Waals surface area contributed by atoms with Gasteiger partial charge in [0, 0.05) is 18.7 Å². The van der Waals surface area contributed by atoms with E-state index in [1.54, 1.807) is 36.4 Å². The zero-order chi connectivity index (χ0) is 29.1. The second kappa shape index (κ2) is 9.78. The maximum atomic E-state index is 14.2. The number of ether oxygens (including phenoxy) is 1. The van der Waals surface area contributed by atoms with E-state index in [4.69, 9.17) is 10.5 Å². The molecule has 3 heterocycles. The molecule has 0 unspecified atom stereocenters. The van der Waals surface area contributed by atoms with Gasteiger partial charge in [-0.2, -0.15) is 9.40 Å². The van der Waals surface area contributed by atoms with Gasteiger partial charge < -0.3 is 10.5 Å². The SMILES string of the molecule is Nc1ncnc2c1c(-c1ccc(Oc3ccccc3)cc1)nn2C1CN(S(=O)(=O)c2c(F)c(F)c(F)c(F)c2F)C1. The molecule has 1 saturated heterocycles. The zero-order valence-electron chi connectivity index (χ0n) is 20.6. The van der Waals surface area contributed by atoms with Crippen LogP contribution in [0.15, 0.2) is 65.8 Å². The number of aromatic nitrogens is 4. The fourth-order valence-electron chi connectivity index (χ4n) is 4.47. The number of hydrogen-bond donors (Lipinski definition) is 1. The highest BCUT2D eigenvalue weighted by Gasteiger charge is 2.44. The average Bonchev–Trinajstić information content (AvgIpc) is 3.31. The van der Waals surface area contributed by atoms with Gasteiger partial charge in [-0.15, -0.1) is 0 Å². The van der Waals surface area contributed by atoms with E-state index in [0.29, 0.717) is 32.4 Å². The van der Waals surface area contributed by atoms with Crippen LogP contribution >= 0.6 is 0 Å². The molecule has 0 spiro atoms. The van der Waals surface area contributed by atoms with Crippen molar-refractivity contribution in [3.8, 4) is 22.8 Å². The van der Waals surface area contributed by atoms with Crippen molar-refractivity contribution < 1.29 is 35.1 Å². The van der Waals surface area contributed by atoms with Gasteiger partial charge in [0.25, 0.3) is 0 Å². The van der Waals surface area contributed by atoms with Gasteiger partial charge in [-0.1, -0.05) is 18.2 Å². The lowest BCUT2D eigenvalue weighted by Gasteiger charge is -2.38. The van der Waals surface area contributed by atoms with E-state index in [9.17, 15) is 30.4 Å². The lowest BCUT2D eigenvalue weighted by Crippen LogP contribution is -2.51. The molecule has 15 heteroatoms. The summed E-state index contributed by atoms with van der Waals surface area (Å²) >= 11 is 0. The summed E-state index contributed by atoms with van der Waals surface area (Å²) in [7, 11) is -5.08. The van der Waals surface area contributed by atoms with Gasteiger partial charge in [0.2, 0.25) is 15.8 Å². The third kappa shape index (κ3) is 4.33. The third-order valence-corrected chi connectivity index (χ3v) is 8.42. The van der Waals surface area contributed by atoms with E-state index in [1.165, 1.54) is 11.0 Å². The second-order valence-electron chi connectivity index (χ2n) is 9.07. The van der Waals surface area contributed by atoms with Gasteiger partial charge in [0.05, 0.1) is 11.4 Å². The van der Waals surface area contributed by atoms with E-state index < -0.39 is 50.0 Å². The Hall–Kier alpha value is -4.63. The first-order chi connectivity index (χ1) is 19.6. The van der Waals surface area contributed by atoms with Crippen molar-refractivity contribution in [2.45, 2.75) is 10.9 Å². The Bertz CT molecular complexity index is 1890. The Morgan fingerprint density at radius 2 is 1.39 bits per heavy atom. The van der Waals surface area contributed by atoms with Gasteiger partial charge in [0.15, 0.2) is 33.8 Å². The molecule has 1 aliphatic heterocycles. The molecule has 0 saturated carbocycles. The van der Waals surface area contributed by atoms with Crippen LogP contribution in [0.4, 0.5) is 27.8 Å². The number of fused-ring (bicyclic) bond motifs is 1. The quantitative estimate of drug-likeness (QED) is 0.172. The van der Waals surface area contributed by atoms with E-state index >= 15 is 0 Å². The molecule has 0 aliphatic carbocycles. The van der Waals surface area contributed by atoms with Crippen LogP contribution in [-0.2, 0) is 10.0 Å². The van der Waals surface area contributed by atoms with Crippen LogP contribution in [0.1, 0.15) is 6.04 Å². The maximum absolute atomic E-state index is 14.2. The molecule has 2 aromatic heterocycles. The first-order valence-corrected chi connectivity index (χ1v) is 13.4. The van der Waals surface area contributed by atoms with Crippen LogP contribution < -0.4 is 10.5 Å². The van der Waals surface area contributed by atoms with Gasteiger partial charge in [-0.25, -0.2) is 45.0 Å². The van der Waals surface area contributed by atoms with Crippen molar-refractivity contribution in [2.75, 3.05) is 18.8 Å². The predicted octanol–water partition coefficient (Wildman–Crippen LogP) is 4.81. The largest absolute Gasteiger partial charge is 0.457 e. The van der Waals surface area contributed by atoms with Crippen molar-refractivity contribution >= 4 is 26.9 Å². The summed E-state index contributed by atoms with van der Waals surface area (Å²) in [5.41, 5.74) is 7.38. The van der Waals surface area contributed by atoms with Gasteiger partial charge >= 0.3 is 0 Å². The maximum Gasteiger partial charge on any atom is 0.249 e.